The van der Waals surface area contributed by atoms with Crippen LogP contribution in [0.25, 0.3) is 51.8 Å². The summed E-state index contributed by atoms with van der Waals surface area (Å²) in [5.41, 5.74) is 7.72. The average Bonchev–Trinajstić information content (AvgIpc) is 3.56. The minimum absolute atomic E-state index is 0.270. The van der Waals surface area contributed by atoms with E-state index in [4.69, 9.17) is 0 Å². The molecule has 0 unspecified atom stereocenters. The van der Waals surface area contributed by atoms with Crippen LogP contribution in [0.3, 0.4) is 0 Å². The Morgan fingerprint density at radius 1 is 1.08 bits per heavy atom. The van der Waals surface area contributed by atoms with E-state index in [-0.39, 0.29) is 5.82 Å². The number of halogens is 1. The summed E-state index contributed by atoms with van der Waals surface area (Å²) in [5.74, 6) is 0.455. The van der Waals surface area contributed by atoms with E-state index in [2.05, 4.69) is 56.1 Å². The normalized spacial score (nSPS) is 15.3. The van der Waals surface area contributed by atoms with Gasteiger partial charge in [0.05, 0.1) is 16.7 Å². The van der Waals surface area contributed by atoms with Crippen molar-refractivity contribution in [2.45, 2.75) is 26.2 Å². The lowest BCUT2D eigenvalue weighted by atomic mass is 9.91. The van der Waals surface area contributed by atoms with Gasteiger partial charge in [0.1, 0.15) is 11.5 Å². The van der Waals surface area contributed by atoms with Gasteiger partial charge in [0.25, 0.3) is 0 Å². The third kappa shape index (κ3) is 5.31. The molecule has 6 nitrogen and oxygen atoms in total. The molecule has 3 N–H and O–H groups in total. The molecule has 0 saturated carbocycles. The fourth-order valence-corrected chi connectivity index (χ4v) is 5.30. The molecule has 0 bridgehead atoms. The fourth-order valence-electron chi connectivity index (χ4n) is 5.30. The van der Waals surface area contributed by atoms with E-state index < -0.39 is 0 Å². The number of allylic oxidation sites excluding steroid dienone is 2. The minimum Gasteiger partial charge on any atom is -0.353 e. The van der Waals surface area contributed by atoms with Crippen LogP contribution in [0.4, 0.5) is 4.39 Å². The Hall–Kier alpha value is -4.36. The zero-order valence-corrected chi connectivity index (χ0v) is 22.0. The molecule has 0 spiro atoms. The van der Waals surface area contributed by atoms with Gasteiger partial charge in [0, 0.05) is 40.3 Å². The summed E-state index contributed by atoms with van der Waals surface area (Å²) in [6, 6.07) is 12.6. The van der Waals surface area contributed by atoms with Crippen molar-refractivity contribution in [2.24, 2.45) is 5.92 Å². The van der Waals surface area contributed by atoms with E-state index in [9.17, 15) is 4.39 Å². The van der Waals surface area contributed by atoms with Crippen LogP contribution in [0.1, 0.15) is 30.9 Å². The number of piperidine rings is 1. The standard InChI is InChI=1S/C32H31FN6/c1-20(25-16-23(18-35-19-25)15-22-9-12-34-13-10-22)3-8-28-21(2)31(39-38-28)30-17-27-29(37-30)11-14-36-32(27)24-4-6-26(33)7-5-24/h3-8,11,14,16-19,22,34,37-38H,2,9-10,12-13,15H2,1H3/b20-3+,28-8+. The number of aromatic amines is 2. The monoisotopic (exact) mass is 518 g/mol. The van der Waals surface area contributed by atoms with E-state index >= 15 is 0 Å². The molecule has 196 valence electrons. The molecular weight excluding hydrogens is 487 g/mol. The largest absolute Gasteiger partial charge is 0.353 e. The van der Waals surface area contributed by atoms with Crippen molar-refractivity contribution >= 4 is 29.1 Å². The molecule has 39 heavy (non-hydrogen) atoms. The van der Waals surface area contributed by atoms with Gasteiger partial charge in [-0.1, -0.05) is 12.7 Å². The smallest absolute Gasteiger partial charge is 0.123 e. The van der Waals surface area contributed by atoms with E-state index in [1.807, 2.05) is 30.6 Å². The first-order valence-electron chi connectivity index (χ1n) is 13.4. The summed E-state index contributed by atoms with van der Waals surface area (Å²) < 4.78 is 13.4. The Labute approximate surface area is 226 Å². The fraction of sp³-hybridized carbons (Fsp3) is 0.219. The highest BCUT2D eigenvalue weighted by molar-refractivity contribution is 5.95. The van der Waals surface area contributed by atoms with Crippen molar-refractivity contribution in [1.82, 2.24) is 30.5 Å². The number of nitrogens with zero attached hydrogens (tertiary/aromatic N) is 3. The van der Waals surface area contributed by atoms with Crippen LogP contribution < -0.4 is 15.9 Å². The first-order valence-corrected chi connectivity index (χ1v) is 13.4. The molecular formula is C32H31FN6. The minimum atomic E-state index is -0.270. The lowest BCUT2D eigenvalue weighted by Crippen LogP contribution is -2.28. The molecule has 1 aromatic carbocycles. The van der Waals surface area contributed by atoms with E-state index in [1.54, 1.807) is 18.3 Å². The topological polar surface area (TPSA) is 82.3 Å². The first-order chi connectivity index (χ1) is 19.0. The first kappa shape index (κ1) is 24.9. The number of hydrogen-bond donors (Lipinski definition) is 3. The molecule has 5 heterocycles. The molecule has 1 aliphatic heterocycles. The zero-order valence-electron chi connectivity index (χ0n) is 22.0. The number of hydrogen-bond acceptors (Lipinski definition) is 4. The second-order valence-corrected chi connectivity index (χ2v) is 10.3. The summed E-state index contributed by atoms with van der Waals surface area (Å²) >= 11 is 0. The number of H-pyrrole nitrogens is 2. The van der Waals surface area contributed by atoms with Crippen LogP contribution >= 0.6 is 0 Å². The summed E-state index contributed by atoms with van der Waals surface area (Å²) in [6.45, 7) is 8.61. The Balaban J connectivity index is 1.27. The number of pyridine rings is 2. The van der Waals surface area contributed by atoms with Crippen LogP contribution in [0.15, 0.2) is 67.1 Å². The molecule has 0 amide bonds. The molecule has 7 heteroatoms. The van der Waals surface area contributed by atoms with Gasteiger partial charge < -0.3 is 10.3 Å². The highest BCUT2D eigenvalue weighted by Crippen LogP contribution is 2.29. The lowest BCUT2D eigenvalue weighted by Gasteiger charge is -2.22. The van der Waals surface area contributed by atoms with Crippen LogP contribution in [0.5, 0.6) is 0 Å². The van der Waals surface area contributed by atoms with Gasteiger partial charge in [-0.3, -0.25) is 15.1 Å². The van der Waals surface area contributed by atoms with Crippen molar-refractivity contribution in [3.8, 4) is 22.6 Å². The molecule has 0 radical (unpaired) electrons. The SMILES string of the molecule is C=c1c(-c2cc3c(-c4ccc(F)cc4)nccc3[nH]2)n[nH]/c1=C/C=C(\C)c1cncc(CC2CCNCC2)c1. The Kier molecular flexibility index (Phi) is 6.90. The quantitative estimate of drug-likeness (QED) is 0.296. The van der Waals surface area contributed by atoms with Crippen molar-refractivity contribution < 1.29 is 4.39 Å². The van der Waals surface area contributed by atoms with E-state index in [1.165, 1.54) is 30.5 Å². The van der Waals surface area contributed by atoms with Crippen LogP contribution in [-0.4, -0.2) is 38.2 Å². The van der Waals surface area contributed by atoms with Gasteiger partial charge in [-0.2, -0.15) is 5.10 Å². The highest BCUT2D eigenvalue weighted by atomic mass is 19.1. The molecule has 1 aliphatic rings. The second kappa shape index (κ2) is 10.8. The van der Waals surface area contributed by atoms with Crippen molar-refractivity contribution in [3.63, 3.8) is 0 Å². The van der Waals surface area contributed by atoms with Crippen LogP contribution in [-0.2, 0) is 6.42 Å². The molecule has 4 aromatic heterocycles. The summed E-state index contributed by atoms with van der Waals surface area (Å²) in [4.78, 5) is 12.5. The maximum Gasteiger partial charge on any atom is 0.123 e. The molecule has 0 aliphatic carbocycles. The highest BCUT2D eigenvalue weighted by Gasteiger charge is 2.14. The van der Waals surface area contributed by atoms with Gasteiger partial charge in [-0.05, 0) is 110 Å². The number of benzene rings is 1. The zero-order chi connectivity index (χ0) is 26.8. The van der Waals surface area contributed by atoms with Crippen molar-refractivity contribution in [2.75, 3.05) is 13.1 Å². The van der Waals surface area contributed by atoms with Crippen molar-refractivity contribution in [1.29, 1.82) is 0 Å². The third-order valence-corrected chi connectivity index (χ3v) is 7.55. The molecule has 0 atom stereocenters. The summed E-state index contributed by atoms with van der Waals surface area (Å²) in [7, 11) is 0. The molecule has 5 aromatic rings. The molecule has 1 fully saturated rings. The average molecular weight is 519 g/mol. The number of nitrogens with one attached hydrogen (secondary N) is 3. The maximum absolute atomic E-state index is 13.4. The van der Waals surface area contributed by atoms with Crippen LogP contribution in [0.2, 0.25) is 0 Å². The number of rotatable bonds is 6. The van der Waals surface area contributed by atoms with E-state index in [0.29, 0.717) is 0 Å². The second-order valence-electron chi connectivity index (χ2n) is 10.3. The van der Waals surface area contributed by atoms with Gasteiger partial charge in [0.2, 0.25) is 0 Å². The predicted molar refractivity (Wildman–Crippen MR) is 155 cm³/mol. The summed E-state index contributed by atoms with van der Waals surface area (Å²) in [5, 5.41) is 13.7. The Morgan fingerprint density at radius 3 is 2.72 bits per heavy atom. The van der Waals surface area contributed by atoms with E-state index in [0.717, 1.165) is 80.7 Å². The number of aromatic nitrogens is 5. The maximum atomic E-state index is 13.4. The van der Waals surface area contributed by atoms with Crippen LogP contribution in [0, 0.1) is 11.7 Å². The summed E-state index contributed by atoms with van der Waals surface area (Å²) in [6.07, 6.45) is 13.3. The lowest BCUT2D eigenvalue weighted by molar-refractivity contribution is 0.372. The van der Waals surface area contributed by atoms with Gasteiger partial charge in [-0.25, -0.2) is 4.39 Å². The Morgan fingerprint density at radius 2 is 1.90 bits per heavy atom. The van der Waals surface area contributed by atoms with Crippen molar-refractivity contribution in [3.05, 3.63) is 94.6 Å². The predicted octanol–water partition coefficient (Wildman–Crippen LogP) is 4.99. The van der Waals surface area contributed by atoms with Gasteiger partial charge >= 0.3 is 0 Å². The Bertz CT molecular complexity index is 1760. The number of fused-ring (bicyclic) bond motifs is 1. The van der Waals surface area contributed by atoms with Gasteiger partial charge in [-0.15, -0.1) is 0 Å². The van der Waals surface area contributed by atoms with Gasteiger partial charge in [0.15, 0.2) is 0 Å². The third-order valence-electron chi connectivity index (χ3n) is 7.55. The molecule has 6 rings (SSSR count). The molecule has 1 saturated heterocycles.